The van der Waals surface area contributed by atoms with Crippen LogP contribution >= 0.6 is 0 Å². The summed E-state index contributed by atoms with van der Waals surface area (Å²) in [7, 11) is -2.78. The van der Waals surface area contributed by atoms with E-state index in [0.717, 1.165) is 4.90 Å². The molecule has 0 bridgehead atoms. The van der Waals surface area contributed by atoms with Gasteiger partial charge >= 0.3 is 12.4 Å². The van der Waals surface area contributed by atoms with Crippen molar-refractivity contribution in [1.82, 2.24) is 4.90 Å². The lowest BCUT2D eigenvalue weighted by Crippen LogP contribution is -2.37. The van der Waals surface area contributed by atoms with Crippen LogP contribution in [0.15, 0.2) is 42.5 Å². The number of likely N-dealkylation sites (N-methyl/N-ethyl adjacent to an activating group) is 1. The van der Waals surface area contributed by atoms with Gasteiger partial charge in [-0.15, -0.1) is 0 Å². The predicted octanol–water partition coefficient (Wildman–Crippen LogP) is 7.60. The zero-order chi connectivity index (χ0) is 27.7. The van der Waals surface area contributed by atoms with Gasteiger partial charge in [0.25, 0.3) is 5.91 Å². The van der Waals surface area contributed by atoms with Crippen molar-refractivity contribution in [3.05, 3.63) is 64.7 Å². The molecule has 0 aliphatic carbocycles. The molecular weight excluding hydrogens is 520 g/mol. The average Bonchev–Trinajstić information content (AvgIpc) is 2.69. The Morgan fingerprint density at radius 2 is 1.39 bits per heavy atom. The smallest absolute Gasteiger partial charge is 0.416 e. The summed E-state index contributed by atoms with van der Waals surface area (Å²) in [5.41, 5.74) is -3.10. The van der Waals surface area contributed by atoms with Crippen molar-refractivity contribution >= 4 is 22.5 Å². The van der Waals surface area contributed by atoms with E-state index in [1.165, 1.54) is 7.05 Å². The molecule has 0 fully saturated rings. The Morgan fingerprint density at radius 1 is 0.861 bits per heavy atom. The second kappa shape index (κ2) is 10.6. The maximum Gasteiger partial charge on any atom is 0.416 e. The molecule has 0 N–H and O–H groups in total. The number of carbonyl (C=O) groups excluding carboxylic acids is 1. The van der Waals surface area contributed by atoms with Crippen molar-refractivity contribution in [2.45, 2.75) is 57.7 Å². The molecule has 12 heteroatoms. The normalized spacial score (nSPS) is 13.9. The van der Waals surface area contributed by atoms with Gasteiger partial charge in [-0.2, -0.15) is 26.3 Å². The molecule has 0 aliphatic heterocycles. The van der Waals surface area contributed by atoms with E-state index in [1.54, 1.807) is 24.3 Å². The molecule has 4 nitrogen and oxygen atoms in total. The fourth-order valence-corrected chi connectivity index (χ4v) is 5.30. The molecule has 0 spiro atoms. The molecule has 200 valence electrons. The highest BCUT2D eigenvalue weighted by atomic mass is 28.4. The van der Waals surface area contributed by atoms with E-state index in [1.807, 2.05) is 39.3 Å². The summed E-state index contributed by atoms with van der Waals surface area (Å²) in [6, 6.07) is 8.01. The minimum absolute atomic E-state index is 0.00205. The molecule has 0 aliphatic rings. The van der Waals surface area contributed by atoms with E-state index in [0.29, 0.717) is 23.4 Å². The summed E-state index contributed by atoms with van der Waals surface area (Å²) in [4.78, 5) is 14.1. The van der Waals surface area contributed by atoms with Crippen LogP contribution < -0.4 is 4.43 Å². The molecule has 2 aromatic rings. The number of halogens is 6. The molecule has 0 radical (unpaired) electrons. The van der Waals surface area contributed by atoms with E-state index in [4.69, 9.17) is 8.85 Å². The Labute approximate surface area is 209 Å². The van der Waals surface area contributed by atoms with Crippen molar-refractivity contribution < 1.29 is 40.0 Å². The first kappa shape index (κ1) is 29.9. The Morgan fingerprint density at radius 3 is 1.83 bits per heavy atom. The molecule has 0 aromatic heterocycles. The van der Waals surface area contributed by atoms with Crippen LogP contribution in [0.3, 0.4) is 0 Å². The summed E-state index contributed by atoms with van der Waals surface area (Å²) < 4.78 is 91.8. The van der Waals surface area contributed by atoms with Gasteiger partial charge < -0.3 is 13.8 Å². The van der Waals surface area contributed by atoms with Crippen LogP contribution in [0.4, 0.5) is 26.3 Å². The van der Waals surface area contributed by atoms with E-state index >= 15 is 0 Å². The number of nitrogens with zero attached hydrogens (tertiary/aromatic N) is 1. The topological polar surface area (TPSA) is 38.8 Å². The second-order valence-corrected chi connectivity index (χ2v) is 19.4. The van der Waals surface area contributed by atoms with Crippen molar-refractivity contribution in [3.63, 3.8) is 0 Å². The predicted molar refractivity (Wildman–Crippen MR) is 131 cm³/mol. The van der Waals surface area contributed by atoms with Crippen molar-refractivity contribution in [1.29, 1.82) is 0 Å². The zero-order valence-corrected chi connectivity index (χ0v) is 23.3. The largest absolute Gasteiger partial charge is 0.544 e. The molecule has 0 heterocycles. The van der Waals surface area contributed by atoms with Crippen molar-refractivity contribution in [3.8, 4) is 5.75 Å². The summed E-state index contributed by atoms with van der Waals surface area (Å²) >= 11 is 0. The third kappa shape index (κ3) is 8.96. The SMILES string of the molecule is CN(CC(O[Si](C)(C)C)c1cccc(O[Si](C)(C)C)c1)C(=O)c1cc(C(F)(F)F)cc(C(F)(F)F)c1. The lowest BCUT2D eigenvalue weighted by Gasteiger charge is -2.31. The molecule has 1 atom stereocenters. The zero-order valence-electron chi connectivity index (χ0n) is 21.3. The first-order valence-corrected chi connectivity index (χ1v) is 18.0. The number of benzene rings is 2. The lowest BCUT2D eigenvalue weighted by molar-refractivity contribution is -0.143. The van der Waals surface area contributed by atoms with Crippen LogP contribution in [0.25, 0.3) is 0 Å². The van der Waals surface area contributed by atoms with Gasteiger partial charge in [-0.05, 0) is 75.2 Å². The van der Waals surface area contributed by atoms with Crippen LogP contribution in [-0.4, -0.2) is 41.0 Å². The number of alkyl halides is 6. The molecule has 1 amide bonds. The third-order valence-electron chi connectivity index (χ3n) is 4.77. The molecule has 0 saturated carbocycles. The van der Waals surface area contributed by atoms with Gasteiger partial charge in [0.15, 0.2) is 8.32 Å². The maximum atomic E-state index is 13.3. The monoisotopic (exact) mass is 551 g/mol. The maximum absolute atomic E-state index is 13.3. The summed E-state index contributed by atoms with van der Waals surface area (Å²) in [6.45, 7) is 11.8. The molecular formula is C24H31F6NO3Si2. The summed E-state index contributed by atoms with van der Waals surface area (Å²) in [5, 5.41) is 0. The van der Waals surface area contributed by atoms with Gasteiger partial charge in [-0.3, -0.25) is 4.79 Å². The molecule has 0 saturated heterocycles. The van der Waals surface area contributed by atoms with E-state index in [-0.39, 0.29) is 12.6 Å². The number of rotatable bonds is 8. The Hall–Kier alpha value is -2.32. The van der Waals surface area contributed by atoms with Crippen LogP contribution in [-0.2, 0) is 16.8 Å². The van der Waals surface area contributed by atoms with Crippen LogP contribution in [0.2, 0.25) is 39.3 Å². The summed E-state index contributed by atoms with van der Waals surface area (Å²) in [5.74, 6) is -0.359. The van der Waals surface area contributed by atoms with E-state index in [9.17, 15) is 31.1 Å². The Balaban J connectivity index is 2.42. The van der Waals surface area contributed by atoms with Gasteiger partial charge in [0, 0.05) is 19.2 Å². The van der Waals surface area contributed by atoms with Gasteiger partial charge in [0.2, 0.25) is 8.32 Å². The highest BCUT2D eigenvalue weighted by Gasteiger charge is 2.38. The number of hydrogen-bond donors (Lipinski definition) is 0. The molecule has 36 heavy (non-hydrogen) atoms. The van der Waals surface area contributed by atoms with Gasteiger partial charge in [0.05, 0.1) is 17.2 Å². The Bertz CT molecular complexity index is 1040. The van der Waals surface area contributed by atoms with Crippen LogP contribution in [0.5, 0.6) is 5.75 Å². The minimum atomic E-state index is -5.05. The van der Waals surface area contributed by atoms with E-state index in [2.05, 4.69) is 0 Å². The van der Waals surface area contributed by atoms with Gasteiger partial charge in [-0.1, -0.05) is 12.1 Å². The summed E-state index contributed by atoms with van der Waals surface area (Å²) in [6.07, 6.45) is -10.8. The third-order valence-corrected chi connectivity index (χ3v) is 6.61. The number of amides is 1. The van der Waals surface area contributed by atoms with Crippen LogP contribution in [0.1, 0.15) is 33.2 Å². The fraction of sp³-hybridized carbons (Fsp3) is 0.458. The van der Waals surface area contributed by atoms with Crippen molar-refractivity contribution in [2.24, 2.45) is 0 Å². The highest BCUT2D eigenvalue weighted by Crippen LogP contribution is 2.37. The Kier molecular flexibility index (Phi) is 8.79. The fourth-order valence-electron chi connectivity index (χ4n) is 3.40. The number of hydrogen-bond acceptors (Lipinski definition) is 3. The molecule has 2 aromatic carbocycles. The van der Waals surface area contributed by atoms with Gasteiger partial charge in [-0.25, -0.2) is 0 Å². The van der Waals surface area contributed by atoms with Crippen LogP contribution in [0, 0.1) is 0 Å². The average molecular weight is 552 g/mol. The minimum Gasteiger partial charge on any atom is -0.544 e. The van der Waals surface area contributed by atoms with Crippen molar-refractivity contribution in [2.75, 3.05) is 13.6 Å². The number of carbonyl (C=O) groups is 1. The first-order valence-electron chi connectivity index (χ1n) is 11.2. The second-order valence-electron chi connectivity index (χ2n) is 10.5. The van der Waals surface area contributed by atoms with Gasteiger partial charge in [0.1, 0.15) is 5.75 Å². The van der Waals surface area contributed by atoms with E-state index < -0.39 is 57.7 Å². The first-order chi connectivity index (χ1) is 16.2. The highest BCUT2D eigenvalue weighted by molar-refractivity contribution is 6.70. The lowest BCUT2D eigenvalue weighted by atomic mass is 10.0. The molecule has 1 unspecified atom stereocenters. The molecule has 2 rings (SSSR count). The standard InChI is InChI=1S/C24H31F6NO3Si2/c1-31(22(32)17-11-18(23(25,26)27)14-19(12-17)24(28,29)30)15-21(34-36(5,6)7)16-9-8-10-20(13-16)33-35(2,3)4/h8-14,21H,15H2,1-7H3. The quantitative estimate of drug-likeness (QED) is 0.250.